The summed E-state index contributed by atoms with van der Waals surface area (Å²) < 4.78 is 35.0. The maximum Gasteiger partial charge on any atom is 0.282 e. The summed E-state index contributed by atoms with van der Waals surface area (Å²) in [5.74, 6) is 0.336. The van der Waals surface area contributed by atoms with Crippen molar-refractivity contribution >= 4 is 49.9 Å². The molecular weight excluding hydrogens is 425 g/mol. The molecule has 1 aromatic carbocycles. The monoisotopic (exact) mass is 437 g/mol. The lowest BCUT2D eigenvalue weighted by Gasteiger charge is -2.19. The lowest BCUT2D eigenvalue weighted by molar-refractivity contribution is 0.141. The molecule has 0 amide bonds. The molecule has 1 aliphatic carbocycles. The van der Waals surface area contributed by atoms with Crippen molar-refractivity contribution in [2.45, 2.75) is 11.0 Å². The highest BCUT2D eigenvalue weighted by Crippen LogP contribution is 2.23. The average Bonchev–Trinajstić information content (AvgIpc) is 2.47. The molecule has 4 nitrogen and oxygen atoms in total. The largest absolute Gasteiger partial charge is 0.365 e. The van der Waals surface area contributed by atoms with E-state index in [-0.39, 0.29) is 4.90 Å². The van der Waals surface area contributed by atoms with Gasteiger partial charge in [0.15, 0.2) is 0 Å². The van der Waals surface area contributed by atoms with Crippen LogP contribution in [0.5, 0.6) is 0 Å². The number of alkyl halides is 1. The molecule has 1 aromatic rings. The zero-order valence-corrected chi connectivity index (χ0v) is 14.7. The van der Waals surface area contributed by atoms with Crippen molar-refractivity contribution in [3.63, 3.8) is 0 Å². The van der Waals surface area contributed by atoms with E-state index in [1.807, 2.05) is 6.08 Å². The van der Waals surface area contributed by atoms with Gasteiger partial charge in [-0.15, -0.1) is 11.6 Å². The van der Waals surface area contributed by atoms with E-state index in [9.17, 15) is 8.42 Å². The van der Waals surface area contributed by atoms with Crippen LogP contribution in [0.4, 0.5) is 0 Å². The standard InChI is InChI=1S/C14H13ClINO3S/c15-9-10-20-14-12(16)7-4-8-13(14)17-21(18,19)11-5-2-1-3-6-11/h1-8,14H,9-10H2. The fourth-order valence-electron chi connectivity index (χ4n) is 1.74. The van der Waals surface area contributed by atoms with Gasteiger partial charge >= 0.3 is 0 Å². The number of halogens is 2. The second-order valence-electron chi connectivity index (χ2n) is 4.15. The van der Waals surface area contributed by atoms with Gasteiger partial charge in [-0.2, -0.15) is 12.8 Å². The van der Waals surface area contributed by atoms with Gasteiger partial charge < -0.3 is 4.74 Å². The Morgan fingerprint density at radius 2 is 2.00 bits per heavy atom. The van der Waals surface area contributed by atoms with Crippen molar-refractivity contribution in [3.8, 4) is 0 Å². The molecule has 0 aromatic heterocycles. The number of allylic oxidation sites excluding steroid dienone is 2. The maximum absolute atomic E-state index is 12.3. The number of hydrogen-bond acceptors (Lipinski definition) is 3. The van der Waals surface area contributed by atoms with Crippen LogP contribution in [0, 0.1) is 0 Å². The fraction of sp³-hybridized carbons (Fsp3) is 0.214. The van der Waals surface area contributed by atoms with E-state index < -0.39 is 16.1 Å². The predicted molar refractivity (Wildman–Crippen MR) is 92.8 cm³/mol. The Hall–Kier alpha value is -0.700. The van der Waals surface area contributed by atoms with E-state index in [0.29, 0.717) is 18.2 Å². The number of sulfonamides is 1. The Morgan fingerprint density at radius 1 is 1.29 bits per heavy atom. The summed E-state index contributed by atoms with van der Waals surface area (Å²) in [5.41, 5.74) is 0.357. The quantitative estimate of drug-likeness (QED) is 0.524. The Bertz CT molecular complexity index is 683. The van der Waals surface area contributed by atoms with Crippen molar-refractivity contribution in [1.82, 2.24) is 0 Å². The Balaban J connectivity index is 2.34. The molecule has 1 unspecified atom stereocenters. The van der Waals surface area contributed by atoms with Gasteiger partial charge in [-0.25, -0.2) is 0 Å². The van der Waals surface area contributed by atoms with Gasteiger partial charge in [0.25, 0.3) is 10.0 Å². The third-order valence-electron chi connectivity index (χ3n) is 2.67. The fourth-order valence-corrected chi connectivity index (χ4v) is 3.58. The summed E-state index contributed by atoms with van der Waals surface area (Å²) in [6, 6.07) is 8.11. The third-order valence-corrected chi connectivity index (χ3v) is 5.07. The zero-order chi connectivity index (χ0) is 15.3. The maximum atomic E-state index is 12.3. The molecule has 0 fully saturated rings. The van der Waals surface area contributed by atoms with E-state index in [1.54, 1.807) is 30.4 Å². The van der Waals surface area contributed by atoms with Crippen LogP contribution in [0.2, 0.25) is 0 Å². The Labute approximate surface area is 142 Å². The van der Waals surface area contributed by atoms with Gasteiger partial charge in [0.1, 0.15) is 6.10 Å². The lowest BCUT2D eigenvalue weighted by atomic mass is 10.1. The normalized spacial score (nSPS) is 20.6. The molecule has 0 aliphatic heterocycles. The highest BCUT2D eigenvalue weighted by atomic mass is 127. The number of hydrogen-bond donors (Lipinski definition) is 0. The molecule has 0 saturated heterocycles. The first kappa shape index (κ1) is 16.7. The summed E-state index contributed by atoms with van der Waals surface area (Å²) in [6.45, 7) is 0.324. The molecule has 0 saturated carbocycles. The van der Waals surface area contributed by atoms with Gasteiger partial charge in [0.2, 0.25) is 0 Å². The highest BCUT2D eigenvalue weighted by Gasteiger charge is 2.23. The summed E-state index contributed by atoms with van der Waals surface area (Å²) >= 11 is 7.73. The van der Waals surface area contributed by atoms with Crippen LogP contribution in [-0.4, -0.2) is 32.7 Å². The van der Waals surface area contributed by atoms with E-state index in [2.05, 4.69) is 27.0 Å². The summed E-state index contributed by atoms with van der Waals surface area (Å²) in [5, 5.41) is 0. The smallest absolute Gasteiger partial charge is 0.282 e. The number of rotatable bonds is 5. The average molecular weight is 438 g/mol. The molecule has 2 rings (SSSR count). The third kappa shape index (κ3) is 4.38. The topological polar surface area (TPSA) is 55.7 Å². The van der Waals surface area contributed by atoms with Crippen LogP contribution in [0.1, 0.15) is 0 Å². The predicted octanol–water partition coefficient (Wildman–Crippen LogP) is 3.33. The van der Waals surface area contributed by atoms with Crippen LogP contribution >= 0.6 is 34.2 Å². The first-order chi connectivity index (χ1) is 10.0. The van der Waals surface area contributed by atoms with Gasteiger partial charge in [0.05, 0.1) is 17.2 Å². The molecule has 7 heteroatoms. The van der Waals surface area contributed by atoms with Crippen LogP contribution in [0.25, 0.3) is 0 Å². The van der Waals surface area contributed by atoms with Crippen LogP contribution < -0.4 is 0 Å². The van der Waals surface area contributed by atoms with Crippen molar-refractivity contribution < 1.29 is 13.2 Å². The van der Waals surface area contributed by atoms with Gasteiger partial charge in [0, 0.05) is 9.46 Å². The molecule has 0 N–H and O–H groups in total. The minimum atomic E-state index is -3.75. The van der Waals surface area contributed by atoms with Crippen molar-refractivity contribution in [2.24, 2.45) is 4.40 Å². The highest BCUT2D eigenvalue weighted by molar-refractivity contribution is 14.1. The summed E-state index contributed by atoms with van der Waals surface area (Å²) in [6.07, 6.45) is 4.75. The lowest BCUT2D eigenvalue weighted by Crippen LogP contribution is -2.27. The Kier molecular flexibility index (Phi) is 5.98. The molecule has 112 valence electrons. The van der Waals surface area contributed by atoms with E-state index in [0.717, 1.165) is 3.58 Å². The summed E-state index contributed by atoms with van der Waals surface area (Å²) in [7, 11) is -3.75. The Morgan fingerprint density at radius 3 is 2.67 bits per heavy atom. The molecule has 1 aliphatic rings. The molecule has 0 radical (unpaired) electrons. The molecule has 0 bridgehead atoms. The van der Waals surface area contributed by atoms with Gasteiger partial charge in [-0.3, -0.25) is 0 Å². The zero-order valence-electron chi connectivity index (χ0n) is 10.9. The molecule has 1 atom stereocenters. The first-order valence-corrected chi connectivity index (χ1v) is 9.21. The number of ether oxygens (including phenoxy) is 1. The minimum absolute atomic E-state index is 0.159. The van der Waals surface area contributed by atoms with Crippen LogP contribution in [0.3, 0.4) is 0 Å². The first-order valence-electron chi connectivity index (χ1n) is 6.16. The minimum Gasteiger partial charge on any atom is -0.365 e. The van der Waals surface area contributed by atoms with Crippen molar-refractivity contribution in [2.75, 3.05) is 12.5 Å². The SMILES string of the molecule is O=S(=O)(N=C1C=CC=C(I)C1OCCCl)c1ccccc1. The molecule has 0 spiro atoms. The van der Waals surface area contributed by atoms with Crippen LogP contribution in [0.15, 0.2) is 61.4 Å². The number of benzene rings is 1. The van der Waals surface area contributed by atoms with E-state index >= 15 is 0 Å². The summed E-state index contributed by atoms with van der Waals surface area (Å²) in [4.78, 5) is 0.159. The van der Waals surface area contributed by atoms with Crippen molar-refractivity contribution in [1.29, 1.82) is 0 Å². The second kappa shape index (κ2) is 7.53. The van der Waals surface area contributed by atoms with E-state index in [4.69, 9.17) is 16.3 Å². The molecule has 0 heterocycles. The number of nitrogens with zero attached hydrogens (tertiary/aromatic N) is 1. The molecule has 21 heavy (non-hydrogen) atoms. The van der Waals surface area contributed by atoms with Gasteiger partial charge in [-0.1, -0.05) is 24.3 Å². The van der Waals surface area contributed by atoms with Gasteiger partial charge in [-0.05, 0) is 46.9 Å². The van der Waals surface area contributed by atoms with Crippen molar-refractivity contribution in [3.05, 3.63) is 52.1 Å². The second-order valence-corrected chi connectivity index (χ2v) is 7.38. The van der Waals surface area contributed by atoms with E-state index in [1.165, 1.54) is 12.1 Å². The van der Waals surface area contributed by atoms with Crippen LogP contribution in [-0.2, 0) is 14.8 Å². The molecular formula is C14H13ClINO3S.